The third-order valence-electron chi connectivity index (χ3n) is 6.54. The average Bonchev–Trinajstić information content (AvgIpc) is 2.56. The van der Waals surface area contributed by atoms with Gasteiger partial charge in [0.2, 0.25) is 0 Å². The Balaban J connectivity index is 1.32. The van der Waals surface area contributed by atoms with Crippen molar-refractivity contribution < 1.29 is 4.74 Å². The zero-order valence-electron chi connectivity index (χ0n) is 18.4. The third kappa shape index (κ3) is 5.48. The van der Waals surface area contributed by atoms with Gasteiger partial charge in [0.1, 0.15) is 12.4 Å². The van der Waals surface area contributed by atoms with Crippen LogP contribution >= 0.6 is 0 Å². The standard InChI is InChI=1S/C24H40N2O/c1-23(2,3)21-7-9-22(10-8-21)27-16-15-25-17-20(18-25)19-11-13-26(14-12-19)24(4,5)6/h7-10,19-20H,11-18H2,1-6H3. The lowest BCUT2D eigenvalue weighted by Gasteiger charge is -2.48. The van der Waals surface area contributed by atoms with Crippen molar-refractivity contribution in [3.63, 3.8) is 0 Å². The summed E-state index contributed by atoms with van der Waals surface area (Å²) in [6, 6.07) is 8.61. The van der Waals surface area contributed by atoms with Crippen LogP contribution in [0.1, 0.15) is 59.9 Å². The molecule has 2 fully saturated rings. The van der Waals surface area contributed by atoms with E-state index in [1.807, 2.05) is 0 Å². The van der Waals surface area contributed by atoms with Gasteiger partial charge in [0.15, 0.2) is 0 Å². The van der Waals surface area contributed by atoms with Gasteiger partial charge in [-0.15, -0.1) is 0 Å². The van der Waals surface area contributed by atoms with Crippen LogP contribution in [0.5, 0.6) is 5.75 Å². The van der Waals surface area contributed by atoms with Crippen LogP contribution in [0.15, 0.2) is 24.3 Å². The molecule has 0 aliphatic carbocycles. The normalized spacial score (nSPS) is 21.3. The maximum Gasteiger partial charge on any atom is 0.119 e. The highest BCUT2D eigenvalue weighted by Gasteiger charge is 2.36. The number of likely N-dealkylation sites (tertiary alicyclic amines) is 2. The highest BCUT2D eigenvalue weighted by molar-refractivity contribution is 5.31. The van der Waals surface area contributed by atoms with E-state index in [0.29, 0.717) is 5.54 Å². The van der Waals surface area contributed by atoms with E-state index in [1.54, 1.807) is 0 Å². The number of benzene rings is 1. The molecule has 0 bridgehead atoms. The molecular formula is C24H40N2O. The van der Waals surface area contributed by atoms with E-state index < -0.39 is 0 Å². The van der Waals surface area contributed by atoms with Crippen LogP contribution in [0.4, 0.5) is 0 Å². The van der Waals surface area contributed by atoms with Crippen LogP contribution in [-0.2, 0) is 5.41 Å². The number of ether oxygens (including phenoxy) is 1. The molecule has 0 aromatic heterocycles. The van der Waals surface area contributed by atoms with Crippen LogP contribution < -0.4 is 4.74 Å². The van der Waals surface area contributed by atoms with Gasteiger partial charge in [0, 0.05) is 25.2 Å². The molecule has 152 valence electrons. The van der Waals surface area contributed by atoms with Crippen LogP contribution in [0.2, 0.25) is 0 Å². The number of rotatable bonds is 5. The second-order valence-corrected chi connectivity index (χ2v) is 10.6. The molecule has 0 atom stereocenters. The van der Waals surface area contributed by atoms with Gasteiger partial charge >= 0.3 is 0 Å². The summed E-state index contributed by atoms with van der Waals surface area (Å²) >= 11 is 0. The second kappa shape index (κ2) is 8.13. The smallest absolute Gasteiger partial charge is 0.119 e. The lowest BCUT2D eigenvalue weighted by molar-refractivity contribution is 0.00458. The first-order valence-corrected chi connectivity index (χ1v) is 10.8. The first kappa shape index (κ1) is 20.7. The number of nitrogens with zero attached hydrogens (tertiary/aromatic N) is 2. The fourth-order valence-electron chi connectivity index (χ4n) is 4.48. The summed E-state index contributed by atoms with van der Waals surface area (Å²) in [6.45, 7) is 20.7. The molecular weight excluding hydrogens is 332 g/mol. The molecule has 0 spiro atoms. The third-order valence-corrected chi connectivity index (χ3v) is 6.54. The van der Waals surface area contributed by atoms with Crippen LogP contribution in [0.25, 0.3) is 0 Å². The second-order valence-electron chi connectivity index (χ2n) is 10.6. The Hall–Kier alpha value is -1.06. The first-order chi connectivity index (χ1) is 12.6. The molecule has 1 aromatic rings. The predicted molar refractivity (Wildman–Crippen MR) is 115 cm³/mol. The van der Waals surface area contributed by atoms with Gasteiger partial charge in [0.25, 0.3) is 0 Å². The lowest BCUT2D eigenvalue weighted by atomic mass is 9.79. The Bertz CT molecular complexity index is 582. The Morgan fingerprint density at radius 2 is 1.48 bits per heavy atom. The van der Waals surface area contributed by atoms with E-state index in [4.69, 9.17) is 4.74 Å². The van der Waals surface area contributed by atoms with Crippen molar-refractivity contribution in [1.29, 1.82) is 0 Å². The Morgan fingerprint density at radius 3 is 2.00 bits per heavy atom. The molecule has 3 nitrogen and oxygen atoms in total. The van der Waals surface area contributed by atoms with Crippen molar-refractivity contribution in [3.05, 3.63) is 29.8 Å². The maximum atomic E-state index is 5.96. The monoisotopic (exact) mass is 372 g/mol. The summed E-state index contributed by atoms with van der Waals surface area (Å²) in [6.07, 6.45) is 2.76. The quantitative estimate of drug-likeness (QED) is 0.738. The minimum Gasteiger partial charge on any atom is -0.492 e. The Morgan fingerprint density at radius 1 is 0.889 bits per heavy atom. The maximum absolute atomic E-state index is 5.96. The van der Waals surface area contributed by atoms with Crippen LogP contribution in [-0.4, -0.2) is 54.7 Å². The molecule has 0 unspecified atom stereocenters. The fraction of sp³-hybridized carbons (Fsp3) is 0.750. The molecule has 0 saturated carbocycles. The van der Waals surface area contributed by atoms with Crippen molar-refractivity contribution in [2.75, 3.05) is 39.3 Å². The summed E-state index contributed by atoms with van der Waals surface area (Å²) in [7, 11) is 0. The van der Waals surface area contributed by atoms with Gasteiger partial charge in [0.05, 0.1) is 0 Å². The Labute approximate surface area is 167 Å². The van der Waals surface area contributed by atoms with E-state index in [9.17, 15) is 0 Å². The summed E-state index contributed by atoms with van der Waals surface area (Å²) in [5.74, 6) is 2.85. The zero-order chi connectivity index (χ0) is 19.7. The molecule has 2 aliphatic rings. The van der Waals surface area contributed by atoms with Gasteiger partial charge in [-0.05, 0) is 81.6 Å². The van der Waals surface area contributed by atoms with Gasteiger partial charge in [-0.3, -0.25) is 9.80 Å². The summed E-state index contributed by atoms with van der Waals surface area (Å²) in [4.78, 5) is 5.21. The molecule has 0 amide bonds. The molecule has 1 aromatic carbocycles. The number of piperidine rings is 1. The topological polar surface area (TPSA) is 15.7 Å². The zero-order valence-corrected chi connectivity index (χ0v) is 18.4. The number of hydrogen-bond donors (Lipinski definition) is 0. The van der Waals surface area contributed by atoms with E-state index in [1.165, 1.54) is 44.6 Å². The Kier molecular flexibility index (Phi) is 6.22. The highest BCUT2D eigenvalue weighted by Crippen LogP contribution is 2.33. The van der Waals surface area contributed by atoms with E-state index >= 15 is 0 Å². The molecule has 0 radical (unpaired) electrons. The summed E-state index contributed by atoms with van der Waals surface area (Å²) in [5, 5.41) is 0. The van der Waals surface area contributed by atoms with Crippen molar-refractivity contribution >= 4 is 0 Å². The molecule has 0 N–H and O–H groups in total. The highest BCUT2D eigenvalue weighted by atomic mass is 16.5. The lowest BCUT2D eigenvalue weighted by Crippen LogP contribution is -2.54. The molecule has 2 saturated heterocycles. The summed E-state index contributed by atoms with van der Waals surface area (Å²) in [5.41, 5.74) is 1.89. The first-order valence-electron chi connectivity index (χ1n) is 10.8. The molecule has 2 aliphatic heterocycles. The molecule has 2 heterocycles. The van der Waals surface area contributed by atoms with Crippen LogP contribution in [0.3, 0.4) is 0 Å². The van der Waals surface area contributed by atoms with Crippen molar-refractivity contribution in [1.82, 2.24) is 9.80 Å². The van der Waals surface area contributed by atoms with Crippen molar-refractivity contribution in [2.45, 2.75) is 65.3 Å². The average molecular weight is 373 g/mol. The SMILES string of the molecule is CC(C)(C)c1ccc(OCCN2CC(C3CCN(C(C)(C)C)CC3)C2)cc1. The minimum absolute atomic E-state index is 0.203. The van der Waals surface area contributed by atoms with E-state index in [-0.39, 0.29) is 5.41 Å². The van der Waals surface area contributed by atoms with Crippen molar-refractivity contribution in [2.24, 2.45) is 11.8 Å². The predicted octanol–water partition coefficient (Wildman–Crippen LogP) is 4.81. The van der Waals surface area contributed by atoms with Crippen LogP contribution in [0, 0.1) is 11.8 Å². The summed E-state index contributed by atoms with van der Waals surface area (Å²) < 4.78 is 5.96. The molecule has 3 rings (SSSR count). The number of hydrogen-bond acceptors (Lipinski definition) is 3. The van der Waals surface area contributed by atoms with Gasteiger partial charge in [-0.2, -0.15) is 0 Å². The van der Waals surface area contributed by atoms with Gasteiger partial charge in [-0.25, -0.2) is 0 Å². The largest absolute Gasteiger partial charge is 0.492 e. The van der Waals surface area contributed by atoms with Crippen molar-refractivity contribution in [3.8, 4) is 5.75 Å². The van der Waals surface area contributed by atoms with E-state index in [0.717, 1.165) is 30.7 Å². The minimum atomic E-state index is 0.203. The molecule has 27 heavy (non-hydrogen) atoms. The van der Waals surface area contributed by atoms with Gasteiger partial charge in [-0.1, -0.05) is 32.9 Å². The fourth-order valence-corrected chi connectivity index (χ4v) is 4.48. The van der Waals surface area contributed by atoms with E-state index in [2.05, 4.69) is 75.6 Å². The van der Waals surface area contributed by atoms with Gasteiger partial charge < -0.3 is 4.74 Å². The molecule has 3 heteroatoms.